The molecule has 2 fully saturated rings. The standard InChI is InChI=1S/C26H36N2O3.ClH/c1-29-24-18-26(31-3)25(30-2)17-22(24)19-27-13-15-28(16-14-27)23-11-9-21(10-12-23)20-7-5-4-6-8-20;/h4-8,17-18,21,23H,9-16,19H2,1-3H3;1H. The number of nitrogens with zero attached hydrogens (tertiary/aromatic N) is 2. The highest BCUT2D eigenvalue weighted by atomic mass is 35.5. The van der Waals surface area contributed by atoms with E-state index < -0.39 is 0 Å². The molecule has 2 aromatic rings. The minimum Gasteiger partial charge on any atom is -0.496 e. The molecule has 0 atom stereocenters. The van der Waals surface area contributed by atoms with Crippen LogP contribution in [0.2, 0.25) is 0 Å². The van der Waals surface area contributed by atoms with Gasteiger partial charge in [0.15, 0.2) is 11.5 Å². The number of rotatable bonds is 7. The summed E-state index contributed by atoms with van der Waals surface area (Å²) < 4.78 is 16.5. The summed E-state index contributed by atoms with van der Waals surface area (Å²) in [6.45, 7) is 5.36. The Hall–Kier alpha value is -1.95. The maximum absolute atomic E-state index is 5.62. The summed E-state index contributed by atoms with van der Waals surface area (Å²) in [6.07, 6.45) is 5.28. The highest BCUT2D eigenvalue weighted by Gasteiger charge is 2.29. The van der Waals surface area contributed by atoms with Gasteiger partial charge in [0.2, 0.25) is 0 Å². The zero-order valence-electron chi connectivity index (χ0n) is 19.6. The number of hydrogen-bond acceptors (Lipinski definition) is 5. The molecule has 1 aliphatic carbocycles. The van der Waals surface area contributed by atoms with E-state index in [1.54, 1.807) is 21.3 Å². The van der Waals surface area contributed by atoms with Gasteiger partial charge in [0.25, 0.3) is 0 Å². The Morgan fingerprint density at radius 3 is 1.94 bits per heavy atom. The topological polar surface area (TPSA) is 34.2 Å². The fourth-order valence-electron chi connectivity index (χ4n) is 5.24. The lowest BCUT2D eigenvalue weighted by molar-refractivity contribution is 0.0723. The Balaban J connectivity index is 0.00000289. The summed E-state index contributed by atoms with van der Waals surface area (Å²) in [6, 6.07) is 15.8. The van der Waals surface area contributed by atoms with Crippen molar-refractivity contribution < 1.29 is 14.2 Å². The fourth-order valence-corrected chi connectivity index (χ4v) is 5.24. The van der Waals surface area contributed by atoms with E-state index >= 15 is 0 Å². The highest BCUT2D eigenvalue weighted by molar-refractivity contribution is 5.85. The molecule has 0 N–H and O–H groups in total. The second kappa shape index (κ2) is 11.8. The molecule has 2 aliphatic rings. The van der Waals surface area contributed by atoms with E-state index in [4.69, 9.17) is 14.2 Å². The molecule has 0 unspecified atom stereocenters. The van der Waals surface area contributed by atoms with Crippen LogP contribution in [0.5, 0.6) is 17.2 Å². The largest absolute Gasteiger partial charge is 0.496 e. The highest BCUT2D eigenvalue weighted by Crippen LogP contribution is 2.36. The van der Waals surface area contributed by atoms with Crippen molar-refractivity contribution in [3.05, 3.63) is 53.6 Å². The van der Waals surface area contributed by atoms with Crippen molar-refractivity contribution in [1.29, 1.82) is 0 Å². The van der Waals surface area contributed by atoms with Crippen molar-refractivity contribution in [1.82, 2.24) is 9.80 Å². The zero-order chi connectivity index (χ0) is 21.6. The van der Waals surface area contributed by atoms with Gasteiger partial charge in [0, 0.05) is 50.4 Å². The van der Waals surface area contributed by atoms with E-state index in [1.165, 1.54) is 31.2 Å². The SMILES string of the molecule is COc1cc(OC)c(OC)cc1CN1CCN(C2CCC(c3ccccc3)CC2)CC1.Cl. The number of piperazine rings is 1. The molecule has 1 saturated carbocycles. The van der Waals surface area contributed by atoms with Crippen LogP contribution in [0.25, 0.3) is 0 Å². The lowest BCUT2D eigenvalue weighted by atomic mass is 9.81. The molecule has 1 aliphatic heterocycles. The molecule has 176 valence electrons. The van der Waals surface area contributed by atoms with Crippen LogP contribution in [0.1, 0.15) is 42.7 Å². The van der Waals surface area contributed by atoms with Crippen molar-refractivity contribution in [2.45, 2.75) is 44.2 Å². The third kappa shape index (κ3) is 5.69. The third-order valence-corrected chi connectivity index (χ3v) is 7.07. The second-order valence-electron chi connectivity index (χ2n) is 8.75. The van der Waals surface area contributed by atoms with Gasteiger partial charge in [0.1, 0.15) is 5.75 Å². The van der Waals surface area contributed by atoms with E-state index in [1.807, 2.05) is 6.07 Å². The first-order chi connectivity index (χ1) is 15.2. The predicted octanol–water partition coefficient (Wildman–Crippen LogP) is 4.98. The Morgan fingerprint density at radius 1 is 0.750 bits per heavy atom. The van der Waals surface area contributed by atoms with Gasteiger partial charge in [-0.2, -0.15) is 0 Å². The van der Waals surface area contributed by atoms with Gasteiger partial charge in [-0.25, -0.2) is 0 Å². The van der Waals surface area contributed by atoms with Gasteiger partial charge in [-0.3, -0.25) is 9.80 Å². The van der Waals surface area contributed by atoms with E-state index in [0.29, 0.717) is 5.75 Å². The van der Waals surface area contributed by atoms with Crippen LogP contribution in [0, 0.1) is 0 Å². The first-order valence-corrected chi connectivity index (χ1v) is 11.5. The fraction of sp³-hybridized carbons (Fsp3) is 0.538. The van der Waals surface area contributed by atoms with Crippen LogP contribution in [-0.2, 0) is 6.54 Å². The van der Waals surface area contributed by atoms with Crippen LogP contribution < -0.4 is 14.2 Å². The van der Waals surface area contributed by atoms with E-state index in [-0.39, 0.29) is 12.4 Å². The van der Waals surface area contributed by atoms with Gasteiger partial charge in [-0.05, 0) is 43.2 Å². The molecule has 0 spiro atoms. The molecular formula is C26H37ClN2O3. The number of benzene rings is 2. The number of methoxy groups -OCH3 is 3. The van der Waals surface area contributed by atoms with Gasteiger partial charge in [-0.15, -0.1) is 12.4 Å². The Labute approximate surface area is 199 Å². The third-order valence-electron chi connectivity index (χ3n) is 7.07. The van der Waals surface area contributed by atoms with Crippen molar-refractivity contribution in [2.24, 2.45) is 0 Å². The molecule has 1 heterocycles. The molecule has 5 nitrogen and oxygen atoms in total. The van der Waals surface area contributed by atoms with Crippen molar-refractivity contribution in [2.75, 3.05) is 47.5 Å². The molecule has 4 rings (SSSR count). The Morgan fingerprint density at radius 2 is 1.34 bits per heavy atom. The molecule has 32 heavy (non-hydrogen) atoms. The zero-order valence-corrected chi connectivity index (χ0v) is 20.4. The normalized spacial score (nSPS) is 22.1. The van der Waals surface area contributed by atoms with Crippen LogP contribution in [-0.4, -0.2) is 63.4 Å². The average molecular weight is 461 g/mol. The van der Waals surface area contributed by atoms with Crippen LogP contribution >= 0.6 is 12.4 Å². The van der Waals surface area contributed by atoms with Gasteiger partial charge in [-0.1, -0.05) is 30.3 Å². The molecule has 0 radical (unpaired) electrons. The first kappa shape index (κ1) is 24.7. The summed E-state index contributed by atoms with van der Waals surface area (Å²) >= 11 is 0. The summed E-state index contributed by atoms with van der Waals surface area (Å²) in [5.74, 6) is 3.07. The second-order valence-corrected chi connectivity index (χ2v) is 8.75. The number of hydrogen-bond donors (Lipinski definition) is 0. The van der Waals surface area contributed by atoms with E-state index in [2.05, 4.69) is 46.2 Å². The summed E-state index contributed by atoms with van der Waals surface area (Å²) in [5, 5.41) is 0. The quantitative estimate of drug-likeness (QED) is 0.582. The number of ether oxygens (including phenoxy) is 3. The summed E-state index contributed by atoms with van der Waals surface area (Å²) in [7, 11) is 5.05. The van der Waals surface area contributed by atoms with Crippen molar-refractivity contribution in [3.63, 3.8) is 0 Å². The molecule has 0 amide bonds. The maximum Gasteiger partial charge on any atom is 0.164 e. The van der Waals surface area contributed by atoms with Gasteiger partial charge < -0.3 is 14.2 Å². The van der Waals surface area contributed by atoms with Crippen LogP contribution in [0.3, 0.4) is 0 Å². The van der Waals surface area contributed by atoms with Crippen LogP contribution in [0.15, 0.2) is 42.5 Å². The molecule has 0 aromatic heterocycles. The minimum atomic E-state index is 0. The molecular weight excluding hydrogens is 424 g/mol. The first-order valence-electron chi connectivity index (χ1n) is 11.5. The Bertz CT molecular complexity index is 832. The smallest absolute Gasteiger partial charge is 0.164 e. The molecule has 6 heteroatoms. The molecule has 1 saturated heterocycles. The predicted molar refractivity (Wildman–Crippen MR) is 132 cm³/mol. The minimum absolute atomic E-state index is 0. The van der Waals surface area contributed by atoms with E-state index in [9.17, 15) is 0 Å². The Kier molecular flexibility index (Phi) is 9.09. The number of halogens is 1. The molecule has 0 bridgehead atoms. The van der Waals surface area contributed by atoms with Gasteiger partial charge >= 0.3 is 0 Å². The van der Waals surface area contributed by atoms with Gasteiger partial charge in [0.05, 0.1) is 21.3 Å². The molecule has 2 aromatic carbocycles. The van der Waals surface area contributed by atoms with Crippen LogP contribution in [0.4, 0.5) is 0 Å². The monoisotopic (exact) mass is 460 g/mol. The average Bonchev–Trinajstić information content (AvgIpc) is 2.85. The van der Waals surface area contributed by atoms with Crippen molar-refractivity contribution >= 4 is 12.4 Å². The lowest BCUT2D eigenvalue weighted by Gasteiger charge is -2.42. The maximum atomic E-state index is 5.62. The lowest BCUT2D eigenvalue weighted by Crippen LogP contribution is -2.50. The summed E-state index contributed by atoms with van der Waals surface area (Å²) in [5.41, 5.74) is 2.67. The summed E-state index contributed by atoms with van der Waals surface area (Å²) in [4.78, 5) is 5.25. The van der Waals surface area contributed by atoms with Crippen molar-refractivity contribution in [3.8, 4) is 17.2 Å². The van der Waals surface area contributed by atoms with E-state index in [0.717, 1.165) is 61.7 Å².